The number of nitriles is 1. The van der Waals surface area contributed by atoms with Crippen LogP contribution in [0.5, 0.6) is 0 Å². The lowest BCUT2D eigenvalue weighted by Gasteiger charge is -2.15. The molecule has 1 aromatic carbocycles. The predicted octanol–water partition coefficient (Wildman–Crippen LogP) is 1.92. The first-order chi connectivity index (χ1) is 8.93. The molecule has 19 heavy (non-hydrogen) atoms. The summed E-state index contributed by atoms with van der Waals surface area (Å²) >= 11 is 0. The van der Waals surface area contributed by atoms with E-state index in [4.69, 9.17) is 5.26 Å². The van der Waals surface area contributed by atoms with Crippen LogP contribution in [-0.2, 0) is 4.79 Å². The third-order valence-corrected chi connectivity index (χ3v) is 2.54. The second-order valence-corrected chi connectivity index (χ2v) is 4.59. The first-order valence-electron chi connectivity index (χ1n) is 6.02. The molecule has 5 heteroatoms. The van der Waals surface area contributed by atoms with Gasteiger partial charge in [0.05, 0.1) is 6.07 Å². The summed E-state index contributed by atoms with van der Waals surface area (Å²) in [5.74, 6) is -0.491. The molecular formula is C14H17N3O2. The van der Waals surface area contributed by atoms with E-state index in [2.05, 4.69) is 10.6 Å². The number of hydrogen-bond donors (Lipinski definition) is 2. The van der Waals surface area contributed by atoms with Crippen molar-refractivity contribution < 1.29 is 9.59 Å². The molecule has 0 saturated carbocycles. The molecule has 0 fully saturated rings. The molecule has 2 amide bonds. The van der Waals surface area contributed by atoms with Crippen LogP contribution in [0.3, 0.4) is 0 Å². The molecule has 100 valence electrons. The zero-order chi connectivity index (χ0) is 14.4. The van der Waals surface area contributed by atoms with Gasteiger partial charge < -0.3 is 10.6 Å². The van der Waals surface area contributed by atoms with E-state index in [0.717, 1.165) is 0 Å². The van der Waals surface area contributed by atoms with Crippen molar-refractivity contribution in [3.05, 3.63) is 29.8 Å². The van der Waals surface area contributed by atoms with Crippen LogP contribution in [0.2, 0.25) is 0 Å². The lowest BCUT2D eigenvalue weighted by Crippen LogP contribution is -2.37. The normalized spacial score (nSPS) is 11.5. The molecule has 1 atom stereocenters. The molecule has 1 aromatic rings. The summed E-state index contributed by atoms with van der Waals surface area (Å²) in [5.41, 5.74) is 0.963. The second-order valence-electron chi connectivity index (χ2n) is 4.59. The average Bonchev–Trinajstić information content (AvgIpc) is 2.34. The Hall–Kier alpha value is -2.35. The van der Waals surface area contributed by atoms with E-state index in [1.807, 2.05) is 19.9 Å². The summed E-state index contributed by atoms with van der Waals surface area (Å²) in [6.07, 6.45) is 0. The maximum absolute atomic E-state index is 12.0. The molecular weight excluding hydrogens is 242 g/mol. The summed E-state index contributed by atoms with van der Waals surface area (Å²) in [5, 5.41) is 14.2. The number of nitrogens with zero attached hydrogens (tertiary/aromatic N) is 1. The van der Waals surface area contributed by atoms with Gasteiger partial charge in [0.15, 0.2) is 0 Å². The highest BCUT2D eigenvalue weighted by atomic mass is 16.2. The van der Waals surface area contributed by atoms with Gasteiger partial charge >= 0.3 is 0 Å². The predicted molar refractivity (Wildman–Crippen MR) is 72.5 cm³/mol. The van der Waals surface area contributed by atoms with Crippen molar-refractivity contribution in [2.45, 2.75) is 26.8 Å². The topological polar surface area (TPSA) is 82.0 Å². The Kier molecular flexibility index (Phi) is 5.07. The largest absolute Gasteiger partial charge is 0.336 e. The van der Waals surface area contributed by atoms with Crippen molar-refractivity contribution in [1.82, 2.24) is 5.32 Å². The lowest BCUT2D eigenvalue weighted by atomic mass is 10.1. The molecule has 0 saturated heterocycles. The van der Waals surface area contributed by atoms with Crippen LogP contribution in [0.1, 0.15) is 31.1 Å². The minimum absolute atomic E-state index is 0.0347. The summed E-state index contributed by atoms with van der Waals surface area (Å²) in [6, 6.07) is 8.10. The van der Waals surface area contributed by atoms with Gasteiger partial charge in [-0.15, -0.1) is 0 Å². The molecule has 0 aliphatic rings. The van der Waals surface area contributed by atoms with Gasteiger partial charge in [-0.25, -0.2) is 0 Å². The van der Waals surface area contributed by atoms with E-state index in [1.54, 1.807) is 24.3 Å². The van der Waals surface area contributed by atoms with Gasteiger partial charge in [0.25, 0.3) is 5.91 Å². The average molecular weight is 259 g/mol. The molecule has 5 nitrogen and oxygen atoms in total. The standard InChI is InChI=1S/C14H17N3O2/c1-9(2)13(8-15)17-14(19)11-5-4-6-12(7-11)16-10(3)18/h4-7,9,13H,1-3H3,(H,16,18)(H,17,19). The van der Waals surface area contributed by atoms with E-state index in [-0.39, 0.29) is 17.7 Å². The molecule has 0 aromatic heterocycles. The molecule has 0 bridgehead atoms. The number of rotatable bonds is 4. The number of anilines is 1. The first-order valence-corrected chi connectivity index (χ1v) is 6.02. The van der Waals surface area contributed by atoms with Crippen molar-refractivity contribution in [1.29, 1.82) is 5.26 Å². The van der Waals surface area contributed by atoms with Gasteiger partial charge in [-0.05, 0) is 24.1 Å². The first kappa shape index (κ1) is 14.7. The van der Waals surface area contributed by atoms with Gasteiger partial charge in [-0.1, -0.05) is 19.9 Å². The van der Waals surface area contributed by atoms with Crippen LogP contribution < -0.4 is 10.6 Å². The minimum atomic E-state index is -0.531. The van der Waals surface area contributed by atoms with Crippen LogP contribution in [0.25, 0.3) is 0 Å². The quantitative estimate of drug-likeness (QED) is 0.866. The van der Waals surface area contributed by atoms with Crippen molar-refractivity contribution >= 4 is 17.5 Å². The van der Waals surface area contributed by atoms with Crippen molar-refractivity contribution in [3.63, 3.8) is 0 Å². The molecule has 1 unspecified atom stereocenters. The molecule has 0 spiro atoms. The van der Waals surface area contributed by atoms with Gasteiger partial charge in [0.1, 0.15) is 6.04 Å². The fourth-order valence-electron chi connectivity index (χ4n) is 1.51. The summed E-state index contributed by atoms with van der Waals surface area (Å²) in [7, 11) is 0. The molecule has 1 rings (SSSR count). The Balaban J connectivity index is 2.83. The van der Waals surface area contributed by atoms with Crippen molar-refractivity contribution in [3.8, 4) is 6.07 Å². The van der Waals surface area contributed by atoms with Gasteiger partial charge in [-0.2, -0.15) is 5.26 Å². The van der Waals surface area contributed by atoms with Crippen molar-refractivity contribution in [2.75, 3.05) is 5.32 Å². The Labute approximate surface area is 112 Å². The van der Waals surface area contributed by atoms with Crippen LogP contribution in [0.4, 0.5) is 5.69 Å². The maximum atomic E-state index is 12.0. The maximum Gasteiger partial charge on any atom is 0.252 e. The zero-order valence-corrected chi connectivity index (χ0v) is 11.2. The lowest BCUT2D eigenvalue weighted by molar-refractivity contribution is -0.114. The highest BCUT2D eigenvalue weighted by Crippen LogP contribution is 2.11. The number of benzene rings is 1. The highest BCUT2D eigenvalue weighted by Gasteiger charge is 2.16. The molecule has 0 aliphatic carbocycles. The van der Waals surface area contributed by atoms with Gasteiger partial charge in [0, 0.05) is 18.2 Å². The van der Waals surface area contributed by atoms with E-state index in [9.17, 15) is 9.59 Å². The van der Waals surface area contributed by atoms with Crippen molar-refractivity contribution in [2.24, 2.45) is 5.92 Å². The smallest absolute Gasteiger partial charge is 0.252 e. The Morgan fingerprint density at radius 2 is 2.00 bits per heavy atom. The number of carbonyl (C=O) groups excluding carboxylic acids is 2. The molecule has 0 radical (unpaired) electrons. The molecule has 2 N–H and O–H groups in total. The summed E-state index contributed by atoms with van der Waals surface area (Å²) in [6.45, 7) is 5.13. The third kappa shape index (κ3) is 4.43. The van der Waals surface area contributed by atoms with E-state index >= 15 is 0 Å². The molecule has 0 heterocycles. The fraction of sp³-hybridized carbons (Fsp3) is 0.357. The number of nitrogens with one attached hydrogen (secondary N) is 2. The number of hydrogen-bond acceptors (Lipinski definition) is 3. The zero-order valence-electron chi connectivity index (χ0n) is 11.2. The van der Waals surface area contributed by atoms with E-state index < -0.39 is 6.04 Å². The highest BCUT2D eigenvalue weighted by molar-refractivity contribution is 5.97. The third-order valence-electron chi connectivity index (χ3n) is 2.54. The summed E-state index contributed by atoms with van der Waals surface area (Å²) < 4.78 is 0. The second kappa shape index (κ2) is 6.55. The number of carbonyl (C=O) groups is 2. The molecule has 0 aliphatic heterocycles. The van der Waals surface area contributed by atoms with Gasteiger partial charge in [0.2, 0.25) is 5.91 Å². The van der Waals surface area contributed by atoms with Crippen LogP contribution in [0, 0.1) is 17.2 Å². The Morgan fingerprint density at radius 3 is 2.53 bits per heavy atom. The van der Waals surface area contributed by atoms with Gasteiger partial charge in [-0.3, -0.25) is 9.59 Å². The summed E-state index contributed by atoms with van der Waals surface area (Å²) in [4.78, 5) is 22.9. The van der Waals surface area contributed by atoms with Crippen LogP contribution in [-0.4, -0.2) is 17.9 Å². The Bertz CT molecular complexity index is 518. The van der Waals surface area contributed by atoms with Crippen LogP contribution >= 0.6 is 0 Å². The van der Waals surface area contributed by atoms with E-state index in [0.29, 0.717) is 11.3 Å². The Morgan fingerprint density at radius 1 is 1.32 bits per heavy atom. The number of amides is 2. The monoisotopic (exact) mass is 259 g/mol. The minimum Gasteiger partial charge on any atom is -0.336 e. The van der Waals surface area contributed by atoms with E-state index in [1.165, 1.54) is 6.92 Å². The van der Waals surface area contributed by atoms with Crippen LogP contribution in [0.15, 0.2) is 24.3 Å². The fourth-order valence-corrected chi connectivity index (χ4v) is 1.51. The SMILES string of the molecule is CC(=O)Nc1cccc(C(=O)NC(C#N)C(C)C)c1.